The maximum atomic E-state index is 13.0. The molecule has 1 amide bonds. The number of hydrogen-bond donors (Lipinski definition) is 0. The molecule has 1 fully saturated rings. The number of nitrogens with zero attached hydrogens (tertiary/aromatic N) is 4. The summed E-state index contributed by atoms with van der Waals surface area (Å²) >= 11 is 0. The van der Waals surface area contributed by atoms with Crippen molar-refractivity contribution in [2.45, 2.75) is 12.8 Å². The zero-order chi connectivity index (χ0) is 18.6. The summed E-state index contributed by atoms with van der Waals surface area (Å²) in [5, 5.41) is 4.21. The van der Waals surface area contributed by atoms with Crippen LogP contribution in [-0.2, 0) is 0 Å². The molecule has 0 saturated carbocycles. The molecule has 0 radical (unpaired) electrons. The minimum Gasteiger partial charge on any atom is -0.338 e. The van der Waals surface area contributed by atoms with Crippen molar-refractivity contribution in [3.8, 4) is 5.69 Å². The van der Waals surface area contributed by atoms with Crippen LogP contribution in [0.25, 0.3) is 5.69 Å². The number of piperidine rings is 1. The molecule has 1 saturated heterocycles. The van der Waals surface area contributed by atoms with Gasteiger partial charge in [0, 0.05) is 54.9 Å². The first-order valence-electron chi connectivity index (χ1n) is 9.06. The van der Waals surface area contributed by atoms with Gasteiger partial charge in [0.15, 0.2) is 5.78 Å². The topological polar surface area (TPSA) is 68.1 Å². The number of benzene rings is 1. The second-order valence-corrected chi connectivity index (χ2v) is 6.70. The molecule has 2 aromatic heterocycles. The van der Waals surface area contributed by atoms with Gasteiger partial charge in [0.05, 0.1) is 5.69 Å². The molecule has 6 nitrogen and oxygen atoms in total. The number of hydrogen-bond acceptors (Lipinski definition) is 4. The molecule has 27 heavy (non-hydrogen) atoms. The van der Waals surface area contributed by atoms with Crippen molar-refractivity contribution in [2.24, 2.45) is 5.92 Å². The van der Waals surface area contributed by atoms with E-state index >= 15 is 0 Å². The summed E-state index contributed by atoms with van der Waals surface area (Å²) < 4.78 is 1.72. The summed E-state index contributed by atoms with van der Waals surface area (Å²) in [4.78, 5) is 31.5. The molecular formula is C21H20N4O2. The number of Topliss-reactive ketones (excluding diaryl/α,β-unsaturated/α-hetero) is 1. The van der Waals surface area contributed by atoms with Crippen LogP contribution in [0.2, 0.25) is 0 Å². The standard InChI is InChI=1S/C21H20N4O2/c26-20(17-6-2-9-22-14-17)18-7-3-11-24(15-18)21(27)16-5-1-8-19(13-16)25-12-4-10-23-25/h1-2,4-6,8-10,12-14,18H,3,7,11,15H2/t18-/m1/s1. The van der Waals surface area contributed by atoms with Crippen LogP contribution < -0.4 is 0 Å². The lowest BCUT2D eigenvalue weighted by atomic mass is 9.90. The lowest BCUT2D eigenvalue weighted by molar-refractivity contribution is 0.0637. The third-order valence-corrected chi connectivity index (χ3v) is 4.89. The molecule has 1 aliphatic heterocycles. The highest BCUT2D eigenvalue weighted by atomic mass is 16.2. The van der Waals surface area contributed by atoms with Gasteiger partial charge >= 0.3 is 0 Å². The van der Waals surface area contributed by atoms with Crippen LogP contribution in [0.3, 0.4) is 0 Å². The largest absolute Gasteiger partial charge is 0.338 e. The van der Waals surface area contributed by atoms with Crippen molar-refractivity contribution < 1.29 is 9.59 Å². The van der Waals surface area contributed by atoms with Crippen LogP contribution in [0, 0.1) is 5.92 Å². The highest BCUT2D eigenvalue weighted by molar-refractivity contribution is 5.99. The van der Waals surface area contributed by atoms with Crippen molar-refractivity contribution in [3.05, 3.63) is 78.4 Å². The molecule has 0 aliphatic carbocycles. The first kappa shape index (κ1) is 17.1. The van der Waals surface area contributed by atoms with Crippen LogP contribution in [-0.4, -0.2) is 44.4 Å². The molecule has 1 aromatic carbocycles. The Morgan fingerprint density at radius 3 is 2.70 bits per heavy atom. The van der Waals surface area contributed by atoms with E-state index in [0.29, 0.717) is 24.2 Å². The molecule has 0 spiro atoms. The van der Waals surface area contributed by atoms with Crippen LogP contribution in [0.1, 0.15) is 33.6 Å². The zero-order valence-electron chi connectivity index (χ0n) is 14.9. The summed E-state index contributed by atoms with van der Waals surface area (Å²) in [7, 11) is 0. The van der Waals surface area contributed by atoms with Gasteiger partial charge in [-0.1, -0.05) is 6.07 Å². The first-order valence-corrected chi connectivity index (χ1v) is 9.06. The monoisotopic (exact) mass is 360 g/mol. The normalized spacial score (nSPS) is 16.9. The van der Waals surface area contributed by atoms with E-state index in [-0.39, 0.29) is 17.6 Å². The second kappa shape index (κ2) is 7.53. The highest BCUT2D eigenvalue weighted by Crippen LogP contribution is 2.23. The molecule has 136 valence electrons. The fourth-order valence-corrected chi connectivity index (χ4v) is 3.51. The molecule has 3 aromatic rings. The summed E-state index contributed by atoms with van der Waals surface area (Å²) in [6, 6.07) is 12.8. The Kier molecular flexibility index (Phi) is 4.78. The fourth-order valence-electron chi connectivity index (χ4n) is 3.51. The average molecular weight is 360 g/mol. The summed E-state index contributed by atoms with van der Waals surface area (Å²) in [5.41, 5.74) is 2.06. The maximum absolute atomic E-state index is 13.0. The Morgan fingerprint density at radius 2 is 1.93 bits per heavy atom. The van der Waals surface area contributed by atoms with Gasteiger partial charge in [-0.3, -0.25) is 14.6 Å². The molecule has 1 atom stereocenters. The number of amides is 1. The fraction of sp³-hybridized carbons (Fsp3) is 0.238. The predicted molar refractivity (Wildman–Crippen MR) is 101 cm³/mol. The van der Waals surface area contributed by atoms with Gasteiger partial charge < -0.3 is 4.90 Å². The van der Waals surface area contributed by atoms with Gasteiger partial charge in [-0.2, -0.15) is 5.10 Å². The van der Waals surface area contributed by atoms with Gasteiger partial charge in [0.1, 0.15) is 0 Å². The van der Waals surface area contributed by atoms with Crippen LogP contribution >= 0.6 is 0 Å². The number of aromatic nitrogens is 3. The molecule has 0 unspecified atom stereocenters. The molecule has 6 heteroatoms. The minimum atomic E-state index is -0.179. The summed E-state index contributed by atoms with van der Waals surface area (Å²) in [6.07, 6.45) is 8.41. The number of carbonyl (C=O) groups is 2. The quantitative estimate of drug-likeness (QED) is 0.671. The van der Waals surface area contributed by atoms with Crippen molar-refractivity contribution in [2.75, 3.05) is 13.1 Å². The SMILES string of the molecule is O=C(c1cccnc1)[C@@H]1CCCN(C(=O)c2cccc(-n3cccn3)c2)C1. The van der Waals surface area contributed by atoms with E-state index < -0.39 is 0 Å². The van der Waals surface area contributed by atoms with Crippen molar-refractivity contribution in [1.29, 1.82) is 0 Å². The van der Waals surface area contributed by atoms with E-state index in [1.54, 1.807) is 40.3 Å². The Balaban J connectivity index is 1.51. The molecule has 3 heterocycles. The van der Waals surface area contributed by atoms with E-state index in [1.807, 2.05) is 36.5 Å². The zero-order valence-corrected chi connectivity index (χ0v) is 14.9. The average Bonchev–Trinajstić information content (AvgIpc) is 3.28. The number of likely N-dealkylation sites (tertiary alicyclic amines) is 1. The summed E-state index contributed by atoms with van der Waals surface area (Å²) in [6.45, 7) is 1.11. The molecule has 1 aliphatic rings. The maximum Gasteiger partial charge on any atom is 0.253 e. The van der Waals surface area contributed by atoms with Gasteiger partial charge in [-0.05, 0) is 49.2 Å². The third-order valence-electron chi connectivity index (χ3n) is 4.89. The minimum absolute atomic E-state index is 0.0484. The van der Waals surface area contributed by atoms with E-state index in [0.717, 1.165) is 18.5 Å². The van der Waals surface area contributed by atoms with E-state index in [2.05, 4.69) is 10.1 Å². The number of ketones is 1. The smallest absolute Gasteiger partial charge is 0.253 e. The highest BCUT2D eigenvalue weighted by Gasteiger charge is 2.29. The predicted octanol–water partition coefficient (Wildman–Crippen LogP) is 3.00. The molecule has 0 bridgehead atoms. The molecule has 0 N–H and O–H groups in total. The van der Waals surface area contributed by atoms with E-state index in [9.17, 15) is 9.59 Å². The van der Waals surface area contributed by atoms with Crippen molar-refractivity contribution >= 4 is 11.7 Å². The van der Waals surface area contributed by atoms with Crippen LogP contribution in [0.5, 0.6) is 0 Å². The first-order chi connectivity index (χ1) is 13.2. The van der Waals surface area contributed by atoms with Crippen molar-refractivity contribution in [1.82, 2.24) is 19.7 Å². The Morgan fingerprint density at radius 1 is 1.04 bits per heavy atom. The number of pyridine rings is 1. The third kappa shape index (κ3) is 3.65. The Labute approximate surface area is 157 Å². The Bertz CT molecular complexity index is 938. The molecular weight excluding hydrogens is 340 g/mol. The lowest BCUT2D eigenvalue weighted by Crippen LogP contribution is -2.42. The van der Waals surface area contributed by atoms with Gasteiger partial charge in [-0.25, -0.2) is 4.68 Å². The van der Waals surface area contributed by atoms with Crippen LogP contribution in [0.4, 0.5) is 0 Å². The lowest BCUT2D eigenvalue weighted by Gasteiger charge is -2.32. The van der Waals surface area contributed by atoms with Gasteiger partial charge in [-0.15, -0.1) is 0 Å². The Hall–Kier alpha value is -3.28. The van der Waals surface area contributed by atoms with E-state index in [4.69, 9.17) is 0 Å². The van der Waals surface area contributed by atoms with E-state index in [1.165, 1.54) is 0 Å². The number of carbonyl (C=O) groups excluding carboxylic acids is 2. The summed E-state index contributed by atoms with van der Waals surface area (Å²) in [5.74, 6) is -0.167. The van der Waals surface area contributed by atoms with Crippen molar-refractivity contribution in [3.63, 3.8) is 0 Å². The van der Waals surface area contributed by atoms with Gasteiger partial charge in [0.25, 0.3) is 5.91 Å². The van der Waals surface area contributed by atoms with Crippen LogP contribution in [0.15, 0.2) is 67.3 Å². The second-order valence-electron chi connectivity index (χ2n) is 6.70. The molecule has 4 rings (SSSR count). The van der Waals surface area contributed by atoms with Gasteiger partial charge in [0.2, 0.25) is 0 Å². The number of rotatable bonds is 4.